The molecule has 2 saturated heterocycles. The van der Waals surface area contributed by atoms with Gasteiger partial charge in [0.05, 0.1) is 6.61 Å². The summed E-state index contributed by atoms with van der Waals surface area (Å²) in [5, 5.41) is 9.07. The van der Waals surface area contributed by atoms with Crippen LogP contribution < -0.4 is 9.64 Å². The number of aliphatic hydroxyl groups excluding tert-OH is 1. The second kappa shape index (κ2) is 10.1. The van der Waals surface area contributed by atoms with Gasteiger partial charge in [-0.1, -0.05) is 36.4 Å². The molecule has 1 N–H and O–H groups in total. The normalized spacial score (nSPS) is 21.3. The van der Waals surface area contributed by atoms with E-state index in [0.29, 0.717) is 12.6 Å². The Morgan fingerprint density at radius 3 is 2.45 bits per heavy atom. The lowest BCUT2D eigenvalue weighted by molar-refractivity contribution is 0.0880. The highest BCUT2D eigenvalue weighted by molar-refractivity contribution is 5.46. The standard InChI is InChI=1S/C24H33N3O2/c28-17-18-29-24-11-5-4-7-21(24)19-25-12-6-10-23(20-25)27-15-13-26(14-16-27)22-8-2-1-3-9-22/h1-5,7-9,11,23,28H,6,10,12-20H2/t23-/m0/s1. The third-order valence-corrected chi connectivity index (χ3v) is 6.15. The number of piperidine rings is 1. The molecule has 5 heteroatoms. The number of benzene rings is 2. The van der Waals surface area contributed by atoms with Crippen molar-refractivity contribution in [2.75, 3.05) is 57.4 Å². The molecule has 2 aliphatic heterocycles. The third kappa shape index (κ3) is 5.30. The first-order valence-electron chi connectivity index (χ1n) is 10.9. The molecule has 0 aliphatic carbocycles. The van der Waals surface area contributed by atoms with Crippen molar-refractivity contribution in [2.24, 2.45) is 0 Å². The Morgan fingerprint density at radius 2 is 1.66 bits per heavy atom. The first kappa shape index (κ1) is 20.2. The summed E-state index contributed by atoms with van der Waals surface area (Å²) in [7, 11) is 0. The lowest BCUT2D eigenvalue weighted by atomic mass is 10.0. The second-order valence-electron chi connectivity index (χ2n) is 8.07. The molecule has 156 valence electrons. The highest BCUT2D eigenvalue weighted by atomic mass is 16.5. The van der Waals surface area contributed by atoms with Crippen LogP contribution in [0.15, 0.2) is 54.6 Å². The summed E-state index contributed by atoms with van der Waals surface area (Å²) in [5.41, 5.74) is 2.56. The van der Waals surface area contributed by atoms with Gasteiger partial charge >= 0.3 is 0 Å². The third-order valence-electron chi connectivity index (χ3n) is 6.15. The van der Waals surface area contributed by atoms with E-state index in [9.17, 15) is 0 Å². The molecular weight excluding hydrogens is 362 g/mol. The molecule has 0 aromatic heterocycles. The molecule has 29 heavy (non-hydrogen) atoms. The Balaban J connectivity index is 1.31. The van der Waals surface area contributed by atoms with Gasteiger partial charge in [0.2, 0.25) is 0 Å². The van der Waals surface area contributed by atoms with Crippen LogP contribution in [0.5, 0.6) is 5.75 Å². The van der Waals surface area contributed by atoms with Gasteiger partial charge in [0.15, 0.2) is 0 Å². The number of piperazine rings is 1. The van der Waals surface area contributed by atoms with Crippen molar-refractivity contribution < 1.29 is 9.84 Å². The van der Waals surface area contributed by atoms with Crippen LogP contribution >= 0.6 is 0 Å². The first-order chi connectivity index (χ1) is 14.3. The fraction of sp³-hybridized carbons (Fsp3) is 0.500. The first-order valence-corrected chi connectivity index (χ1v) is 10.9. The van der Waals surface area contributed by atoms with E-state index in [4.69, 9.17) is 9.84 Å². The van der Waals surface area contributed by atoms with Crippen LogP contribution in [0.3, 0.4) is 0 Å². The van der Waals surface area contributed by atoms with E-state index in [1.165, 1.54) is 24.1 Å². The Bertz CT molecular complexity index is 747. The number of rotatable bonds is 7. The Hall–Kier alpha value is -2.08. The number of ether oxygens (including phenoxy) is 1. The second-order valence-corrected chi connectivity index (χ2v) is 8.07. The predicted molar refractivity (Wildman–Crippen MR) is 118 cm³/mol. The van der Waals surface area contributed by atoms with Crippen LogP contribution in [0.25, 0.3) is 0 Å². The van der Waals surface area contributed by atoms with Crippen molar-refractivity contribution in [3.05, 3.63) is 60.2 Å². The van der Waals surface area contributed by atoms with Gasteiger partial charge in [0.1, 0.15) is 12.4 Å². The lowest BCUT2D eigenvalue weighted by Crippen LogP contribution is -2.55. The predicted octanol–water partition coefficient (Wildman–Crippen LogP) is 2.84. The maximum atomic E-state index is 9.07. The van der Waals surface area contributed by atoms with Gasteiger partial charge in [-0.15, -0.1) is 0 Å². The molecule has 2 fully saturated rings. The Kier molecular flexibility index (Phi) is 7.04. The Morgan fingerprint density at radius 1 is 0.897 bits per heavy atom. The molecule has 1 atom stereocenters. The largest absolute Gasteiger partial charge is 0.491 e. The van der Waals surface area contributed by atoms with E-state index in [2.05, 4.69) is 57.2 Å². The molecule has 2 aliphatic rings. The van der Waals surface area contributed by atoms with Gasteiger partial charge in [0, 0.05) is 56.6 Å². The van der Waals surface area contributed by atoms with Crippen molar-refractivity contribution in [1.82, 2.24) is 9.80 Å². The van der Waals surface area contributed by atoms with Crippen LogP contribution in [-0.2, 0) is 6.54 Å². The van der Waals surface area contributed by atoms with Gasteiger partial charge in [-0.3, -0.25) is 9.80 Å². The van der Waals surface area contributed by atoms with Gasteiger partial charge in [-0.25, -0.2) is 0 Å². The van der Waals surface area contributed by atoms with Gasteiger partial charge in [-0.2, -0.15) is 0 Å². The number of hydrogen-bond donors (Lipinski definition) is 1. The van der Waals surface area contributed by atoms with Gasteiger partial charge in [-0.05, 0) is 37.6 Å². The zero-order valence-electron chi connectivity index (χ0n) is 17.2. The summed E-state index contributed by atoms with van der Waals surface area (Å²) < 4.78 is 5.73. The zero-order chi connectivity index (χ0) is 19.9. The van der Waals surface area contributed by atoms with Gasteiger partial charge in [0.25, 0.3) is 0 Å². The number of likely N-dealkylation sites (tertiary alicyclic amines) is 1. The van der Waals surface area contributed by atoms with E-state index < -0.39 is 0 Å². The minimum absolute atomic E-state index is 0.0507. The topological polar surface area (TPSA) is 39.2 Å². The molecule has 0 spiro atoms. The maximum Gasteiger partial charge on any atom is 0.123 e. The molecule has 0 amide bonds. The molecule has 2 aromatic carbocycles. The van der Waals surface area contributed by atoms with Crippen molar-refractivity contribution in [3.8, 4) is 5.75 Å². The molecule has 0 saturated carbocycles. The summed E-state index contributed by atoms with van der Waals surface area (Å²) in [5.74, 6) is 0.903. The lowest BCUT2D eigenvalue weighted by Gasteiger charge is -2.44. The van der Waals surface area contributed by atoms with Crippen molar-refractivity contribution in [2.45, 2.75) is 25.4 Å². The summed E-state index contributed by atoms with van der Waals surface area (Å²) in [6.07, 6.45) is 2.55. The van der Waals surface area contributed by atoms with Crippen LogP contribution in [0.2, 0.25) is 0 Å². The molecule has 0 unspecified atom stereocenters. The molecule has 5 nitrogen and oxygen atoms in total. The van der Waals surface area contributed by atoms with Crippen molar-refractivity contribution >= 4 is 5.69 Å². The fourth-order valence-electron chi connectivity index (χ4n) is 4.63. The van der Waals surface area contributed by atoms with Crippen molar-refractivity contribution in [3.63, 3.8) is 0 Å². The molecule has 0 bridgehead atoms. The number of para-hydroxylation sites is 2. The number of nitrogens with zero attached hydrogens (tertiary/aromatic N) is 3. The maximum absolute atomic E-state index is 9.07. The smallest absolute Gasteiger partial charge is 0.123 e. The zero-order valence-corrected chi connectivity index (χ0v) is 17.2. The summed E-state index contributed by atoms with van der Waals surface area (Å²) in [6, 6.07) is 19.7. The van der Waals surface area contributed by atoms with E-state index in [1.54, 1.807) is 0 Å². The van der Waals surface area contributed by atoms with Crippen LogP contribution in [0, 0.1) is 0 Å². The number of anilines is 1. The average molecular weight is 396 g/mol. The summed E-state index contributed by atoms with van der Waals surface area (Å²) in [6.45, 7) is 8.10. The molecule has 4 rings (SSSR count). The van der Waals surface area contributed by atoms with Crippen LogP contribution in [0.1, 0.15) is 18.4 Å². The highest BCUT2D eigenvalue weighted by Gasteiger charge is 2.28. The Labute approximate surface area is 174 Å². The molecule has 2 aromatic rings. The summed E-state index contributed by atoms with van der Waals surface area (Å²) >= 11 is 0. The van der Waals surface area contributed by atoms with Gasteiger partial charge < -0.3 is 14.7 Å². The van der Waals surface area contributed by atoms with Crippen LogP contribution in [0.4, 0.5) is 5.69 Å². The highest BCUT2D eigenvalue weighted by Crippen LogP contribution is 2.24. The minimum Gasteiger partial charge on any atom is -0.491 e. The average Bonchev–Trinajstić information content (AvgIpc) is 2.79. The van der Waals surface area contributed by atoms with E-state index >= 15 is 0 Å². The molecule has 0 radical (unpaired) electrons. The van der Waals surface area contributed by atoms with Crippen molar-refractivity contribution in [1.29, 1.82) is 0 Å². The van der Waals surface area contributed by atoms with Crippen LogP contribution in [-0.4, -0.2) is 73.4 Å². The van der Waals surface area contributed by atoms with E-state index in [-0.39, 0.29) is 6.61 Å². The minimum atomic E-state index is 0.0507. The SMILES string of the molecule is OCCOc1ccccc1CN1CCC[C@H](N2CCN(c3ccccc3)CC2)C1. The molecular formula is C24H33N3O2. The number of hydrogen-bond acceptors (Lipinski definition) is 5. The summed E-state index contributed by atoms with van der Waals surface area (Å²) in [4.78, 5) is 7.77. The quantitative estimate of drug-likeness (QED) is 0.781. The van der Waals surface area contributed by atoms with E-state index in [0.717, 1.165) is 51.6 Å². The van der Waals surface area contributed by atoms with E-state index in [1.807, 2.05) is 12.1 Å². The molecule has 2 heterocycles. The number of aliphatic hydroxyl groups is 1. The fourth-order valence-corrected chi connectivity index (χ4v) is 4.63. The monoisotopic (exact) mass is 395 g/mol.